The van der Waals surface area contributed by atoms with Crippen LogP contribution in [0.5, 0.6) is 0 Å². The molecule has 2 aliphatic rings. The van der Waals surface area contributed by atoms with Crippen LogP contribution in [0.3, 0.4) is 0 Å². The molecule has 1 atom stereocenters. The topological polar surface area (TPSA) is 94.5 Å². The summed E-state index contributed by atoms with van der Waals surface area (Å²) in [5.74, 6) is 1.28. The van der Waals surface area contributed by atoms with Crippen molar-refractivity contribution < 1.29 is 19.1 Å². The van der Waals surface area contributed by atoms with Gasteiger partial charge in [0.2, 0.25) is 12.3 Å². The minimum absolute atomic E-state index is 0.0468. The Balaban J connectivity index is 1.68. The highest BCUT2D eigenvalue weighted by atomic mass is 35.5. The van der Waals surface area contributed by atoms with Gasteiger partial charge in [-0.3, -0.25) is 19.3 Å². The van der Waals surface area contributed by atoms with Crippen molar-refractivity contribution in [2.24, 2.45) is 11.0 Å². The number of hydrogen-bond donors (Lipinski definition) is 1. The monoisotopic (exact) mass is 511 g/mol. The number of carbonyl (C=O) groups is 3. The molecule has 188 valence electrons. The number of benzene rings is 1. The van der Waals surface area contributed by atoms with Crippen LogP contribution in [0, 0.1) is 5.92 Å². The van der Waals surface area contributed by atoms with E-state index in [9.17, 15) is 14.4 Å². The van der Waals surface area contributed by atoms with Gasteiger partial charge in [-0.25, -0.2) is 15.0 Å². The molecule has 1 aromatic rings. The molecule has 11 heteroatoms. The number of ether oxygens (including phenoxy) is 1. The zero-order valence-corrected chi connectivity index (χ0v) is 21.6. The number of fused-ring (bicyclic) bond motifs is 1. The van der Waals surface area contributed by atoms with Crippen LogP contribution in [-0.4, -0.2) is 98.0 Å². The number of piperidine rings is 1. The second-order valence-corrected chi connectivity index (χ2v) is 14.3. The van der Waals surface area contributed by atoms with E-state index >= 15 is 0 Å². The Bertz CT molecular complexity index is 923. The van der Waals surface area contributed by atoms with Crippen LogP contribution in [0.2, 0.25) is 5.02 Å². The fraction of sp³-hybridized carbons (Fsp3) is 0.565. The summed E-state index contributed by atoms with van der Waals surface area (Å²) in [5, 5.41) is 8.95. The number of rotatable bonds is 11. The quantitative estimate of drug-likeness (QED) is 0.278. The molecule has 2 aliphatic heterocycles. The Kier molecular flexibility index (Phi) is 9.21. The van der Waals surface area contributed by atoms with Crippen LogP contribution in [0.15, 0.2) is 29.4 Å². The zero-order valence-electron chi connectivity index (χ0n) is 20.0. The fourth-order valence-electron chi connectivity index (χ4n) is 3.83. The molecule has 3 amide bonds. The summed E-state index contributed by atoms with van der Waals surface area (Å²) >= 11 is 6.20. The molecule has 0 aliphatic carbocycles. The average molecular weight is 512 g/mol. The highest BCUT2D eigenvalue weighted by Gasteiger charge is 2.36. The van der Waals surface area contributed by atoms with Gasteiger partial charge in [-0.2, -0.15) is 5.10 Å². The summed E-state index contributed by atoms with van der Waals surface area (Å²) < 4.78 is 5.92. The van der Waals surface area contributed by atoms with E-state index in [1.807, 2.05) is 17.0 Å². The Morgan fingerprint density at radius 1 is 1.38 bits per heavy atom. The summed E-state index contributed by atoms with van der Waals surface area (Å²) in [5.41, 5.74) is 0.698. The third-order valence-electron chi connectivity index (χ3n) is 5.72. The maximum atomic E-state index is 13.6. The fourth-order valence-corrected chi connectivity index (χ4v) is 4.64. The number of nitrogens with zero attached hydrogens (tertiary/aromatic N) is 4. The molecule has 9 nitrogen and oxygen atoms in total. The molecule has 1 fully saturated rings. The van der Waals surface area contributed by atoms with Crippen LogP contribution >= 0.6 is 21.6 Å². The predicted octanol–water partition coefficient (Wildman–Crippen LogP) is 1.95. The molecule has 1 aromatic carbocycles. The summed E-state index contributed by atoms with van der Waals surface area (Å²) in [6, 6.07) is 7.22. The summed E-state index contributed by atoms with van der Waals surface area (Å²) in [6.45, 7) is 2.01. The van der Waals surface area contributed by atoms with Crippen LogP contribution in [0.4, 0.5) is 5.69 Å². The number of amidine groups is 1. The van der Waals surface area contributed by atoms with Gasteiger partial charge in [-0.15, -0.1) is 0 Å². The van der Waals surface area contributed by atoms with Gasteiger partial charge in [-0.1, -0.05) is 17.7 Å². The van der Waals surface area contributed by atoms with Gasteiger partial charge >= 0.3 is 0 Å². The minimum Gasteiger partial charge on any atom is -0.360 e. The first kappa shape index (κ1) is 26.3. The number of hydrogen-bond acceptors (Lipinski definition) is 6. The van der Waals surface area contributed by atoms with E-state index in [-0.39, 0.29) is 31.0 Å². The van der Waals surface area contributed by atoms with E-state index in [1.54, 1.807) is 17.0 Å². The second-order valence-electron chi connectivity index (χ2n) is 9.30. The van der Waals surface area contributed by atoms with E-state index in [2.05, 4.69) is 29.2 Å². The lowest BCUT2D eigenvalue weighted by Crippen LogP contribution is -2.54. The van der Waals surface area contributed by atoms with Gasteiger partial charge in [0.05, 0.1) is 19.1 Å². The molecule has 0 saturated carbocycles. The molecular weight excluding hydrogens is 478 g/mol. The maximum Gasteiger partial charge on any atom is 0.262 e. The van der Waals surface area contributed by atoms with Gasteiger partial charge in [0.1, 0.15) is 19.1 Å². The van der Waals surface area contributed by atoms with Crippen LogP contribution < -0.4 is 10.2 Å². The van der Waals surface area contributed by atoms with Gasteiger partial charge < -0.3 is 15.0 Å². The molecular formula is C23H34ClN5O4S. The van der Waals surface area contributed by atoms with Crippen LogP contribution in [0.25, 0.3) is 0 Å². The van der Waals surface area contributed by atoms with Crippen molar-refractivity contribution in [2.45, 2.75) is 12.8 Å². The second kappa shape index (κ2) is 11.9. The van der Waals surface area contributed by atoms with Crippen molar-refractivity contribution >= 4 is 51.4 Å². The molecule has 1 saturated heterocycles. The zero-order chi connectivity index (χ0) is 24.7. The standard InChI is InChI=1S/C23H34ClN5O4S/c1-34(2,3)12-11-33-17-28(20-6-4-5-19(24)13-20)23(32)18-7-8-21-26-29(10-9-25-16-30)22(31)15-27(21)14-18/h4-6,13,16,18H,7-12,14-15,17H2,1-3H3,(H,25,30). The van der Waals surface area contributed by atoms with E-state index in [0.717, 1.165) is 11.6 Å². The number of nitrogens with one attached hydrogen (secondary N) is 1. The first-order chi connectivity index (χ1) is 16.2. The van der Waals surface area contributed by atoms with Crippen LogP contribution in [-0.2, 0) is 19.1 Å². The van der Waals surface area contributed by atoms with Crippen molar-refractivity contribution in [1.82, 2.24) is 15.2 Å². The molecule has 34 heavy (non-hydrogen) atoms. The Labute approximate surface area is 207 Å². The van der Waals surface area contributed by atoms with Gasteiger partial charge in [0.15, 0.2) is 0 Å². The first-order valence-electron chi connectivity index (χ1n) is 11.3. The number of anilines is 1. The van der Waals surface area contributed by atoms with Gasteiger partial charge in [0.25, 0.3) is 5.91 Å². The molecule has 2 heterocycles. The lowest BCUT2D eigenvalue weighted by molar-refractivity contribution is -0.134. The third kappa shape index (κ3) is 7.35. The number of carbonyl (C=O) groups excluding carboxylic acids is 3. The summed E-state index contributed by atoms with van der Waals surface area (Å²) in [4.78, 5) is 40.1. The largest absolute Gasteiger partial charge is 0.360 e. The summed E-state index contributed by atoms with van der Waals surface area (Å²) in [7, 11) is -0.691. The first-order valence-corrected chi connectivity index (χ1v) is 14.7. The van der Waals surface area contributed by atoms with Crippen molar-refractivity contribution in [3.8, 4) is 0 Å². The molecule has 0 radical (unpaired) electrons. The summed E-state index contributed by atoms with van der Waals surface area (Å²) in [6.07, 6.45) is 8.53. The van der Waals surface area contributed by atoms with Crippen molar-refractivity contribution in [1.29, 1.82) is 0 Å². The molecule has 0 spiro atoms. The van der Waals surface area contributed by atoms with Gasteiger partial charge in [-0.05, 0) is 43.4 Å². The van der Waals surface area contributed by atoms with E-state index in [1.165, 1.54) is 5.01 Å². The lowest BCUT2D eigenvalue weighted by atomic mass is 9.95. The van der Waals surface area contributed by atoms with Crippen molar-refractivity contribution in [3.63, 3.8) is 0 Å². The Morgan fingerprint density at radius 2 is 2.18 bits per heavy atom. The Hall–Kier alpha value is -2.30. The van der Waals surface area contributed by atoms with E-state index in [0.29, 0.717) is 56.2 Å². The number of hydrazone groups is 1. The normalized spacial score (nSPS) is 18.8. The van der Waals surface area contributed by atoms with E-state index < -0.39 is 10.0 Å². The van der Waals surface area contributed by atoms with Crippen molar-refractivity contribution in [2.75, 3.05) is 68.9 Å². The van der Waals surface area contributed by atoms with Crippen molar-refractivity contribution in [3.05, 3.63) is 29.3 Å². The highest BCUT2D eigenvalue weighted by Crippen LogP contribution is 2.33. The minimum atomic E-state index is -0.691. The predicted molar refractivity (Wildman–Crippen MR) is 137 cm³/mol. The smallest absolute Gasteiger partial charge is 0.262 e. The van der Waals surface area contributed by atoms with Crippen LogP contribution in [0.1, 0.15) is 12.8 Å². The molecule has 1 unspecified atom stereocenters. The average Bonchev–Trinajstić information content (AvgIpc) is 2.78. The van der Waals surface area contributed by atoms with Gasteiger partial charge in [0, 0.05) is 36.0 Å². The molecule has 0 bridgehead atoms. The highest BCUT2D eigenvalue weighted by molar-refractivity contribution is 8.32. The molecule has 1 N–H and O–H groups in total. The SMILES string of the molecule is CS(C)(C)CCOCN(C(=O)C1CCC2=NN(CCNC=O)C(=O)CN2C1)c1cccc(Cl)c1. The third-order valence-corrected chi connectivity index (χ3v) is 7.35. The molecule has 0 aromatic heterocycles. The maximum absolute atomic E-state index is 13.6. The lowest BCUT2D eigenvalue weighted by Gasteiger charge is -2.40. The Morgan fingerprint density at radius 3 is 2.88 bits per heavy atom. The molecule has 3 rings (SSSR count). The number of halogens is 1. The van der Waals surface area contributed by atoms with E-state index in [4.69, 9.17) is 16.3 Å². The number of amides is 3.